The van der Waals surface area contributed by atoms with Gasteiger partial charge in [-0.15, -0.1) is 0 Å². The second kappa shape index (κ2) is 8.08. The summed E-state index contributed by atoms with van der Waals surface area (Å²) in [6, 6.07) is 14.9. The van der Waals surface area contributed by atoms with Crippen LogP contribution in [0.1, 0.15) is 50.2 Å². The number of hydrogen-bond acceptors (Lipinski definition) is 5. The maximum absolute atomic E-state index is 13.9. The number of halogens is 1. The zero-order valence-corrected chi connectivity index (χ0v) is 19.1. The quantitative estimate of drug-likeness (QED) is 0.344. The van der Waals surface area contributed by atoms with Gasteiger partial charge in [0.2, 0.25) is 0 Å². The zero-order valence-electron chi connectivity index (χ0n) is 18.4. The highest BCUT2D eigenvalue weighted by Gasteiger charge is 2.47. The van der Waals surface area contributed by atoms with Crippen molar-refractivity contribution in [3.63, 3.8) is 0 Å². The number of piperidine rings is 1. The first kappa shape index (κ1) is 21.1. The molecular weight excluding hydrogens is 450 g/mol. The van der Waals surface area contributed by atoms with Gasteiger partial charge in [-0.2, -0.15) is 0 Å². The Morgan fingerprint density at radius 2 is 1.97 bits per heavy atom. The average molecular weight is 472 g/mol. The third-order valence-corrected chi connectivity index (χ3v) is 7.10. The fourth-order valence-electron chi connectivity index (χ4n) is 5.24. The molecule has 6 rings (SSSR count). The van der Waals surface area contributed by atoms with E-state index in [1.807, 2.05) is 47.2 Å². The van der Waals surface area contributed by atoms with Crippen LogP contribution in [0.15, 0.2) is 67.1 Å². The first-order valence-electron chi connectivity index (χ1n) is 11.4. The van der Waals surface area contributed by atoms with Crippen molar-refractivity contribution < 1.29 is 14.3 Å². The number of benzene rings is 2. The molecule has 0 bridgehead atoms. The Hall–Kier alpha value is -3.48. The molecule has 1 spiro atoms. The molecule has 170 valence electrons. The number of carbonyl (C=O) groups excluding carboxylic acids is 2. The maximum Gasteiger partial charge on any atom is 0.340 e. The van der Waals surface area contributed by atoms with Crippen LogP contribution >= 0.6 is 11.6 Å². The number of fused-ring (bicyclic) bond motifs is 3. The van der Waals surface area contributed by atoms with Crippen molar-refractivity contribution >= 4 is 34.3 Å². The second-order valence-electron chi connectivity index (χ2n) is 8.88. The monoisotopic (exact) mass is 471 g/mol. The molecular formula is C27H22ClN3O3. The SMILES string of the molecule is O=C1OC2(CCNCC2)c2cccc(C(=O)c3cn(Cc4cccnc4)c4cc(Cl)ccc34)c21. The topological polar surface area (TPSA) is 73.2 Å². The lowest BCUT2D eigenvalue weighted by Crippen LogP contribution is -2.39. The predicted molar refractivity (Wildman–Crippen MR) is 129 cm³/mol. The Morgan fingerprint density at radius 3 is 2.76 bits per heavy atom. The lowest BCUT2D eigenvalue weighted by Gasteiger charge is -2.33. The lowest BCUT2D eigenvalue weighted by molar-refractivity contribution is -0.0242. The van der Waals surface area contributed by atoms with E-state index in [-0.39, 0.29) is 5.78 Å². The fourth-order valence-corrected chi connectivity index (χ4v) is 5.40. The summed E-state index contributed by atoms with van der Waals surface area (Å²) in [5.41, 5.74) is 3.36. The van der Waals surface area contributed by atoms with Gasteiger partial charge in [-0.3, -0.25) is 9.78 Å². The number of pyridine rings is 1. The normalized spacial score (nSPS) is 16.6. The van der Waals surface area contributed by atoms with Gasteiger partial charge in [-0.25, -0.2) is 4.79 Å². The average Bonchev–Trinajstić information content (AvgIpc) is 3.34. The highest BCUT2D eigenvalue weighted by atomic mass is 35.5. The number of carbonyl (C=O) groups is 2. The number of ether oxygens (including phenoxy) is 1. The molecule has 7 heteroatoms. The zero-order chi connectivity index (χ0) is 23.3. The van der Waals surface area contributed by atoms with E-state index in [2.05, 4.69) is 10.3 Å². The van der Waals surface area contributed by atoms with Crippen molar-refractivity contribution in [2.45, 2.75) is 25.0 Å². The molecule has 6 nitrogen and oxygen atoms in total. The molecule has 2 aliphatic rings. The molecule has 2 aromatic heterocycles. The van der Waals surface area contributed by atoms with Crippen LogP contribution in [0.5, 0.6) is 0 Å². The van der Waals surface area contributed by atoms with E-state index >= 15 is 0 Å². The van der Waals surface area contributed by atoms with Crippen LogP contribution in [0.25, 0.3) is 10.9 Å². The van der Waals surface area contributed by atoms with Gasteiger partial charge >= 0.3 is 5.97 Å². The summed E-state index contributed by atoms with van der Waals surface area (Å²) in [5.74, 6) is -0.611. The number of nitrogens with one attached hydrogen (secondary N) is 1. The standard InChI is InChI=1S/C27H22ClN3O3/c28-18-6-7-19-21(16-31(23(19)13-18)15-17-3-2-10-30-14-17)25(32)20-4-1-5-22-24(20)26(33)34-27(22)8-11-29-12-9-27/h1-7,10,13-14,16,29H,8-9,11-12,15H2. The summed E-state index contributed by atoms with van der Waals surface area (Å²) in [6.45, 7) is 2.09. The molecule has 34 heavy (non-hydrogen) atoms. The Kier molecular flexibility index (Phi) is 5.01. The second-order valence-corrected chi connectivity index (χ2v) is 9.32. The highest BCUT2D eigenvalue weighted by molar-refractivity contribution is 6.31. The molecule has 4 heterocycles. The van der Waals surface area contributed by atoms with Crippen LogP contribution in [0.4, 0.5) is 0 Å². The van der Waals surface area contributed by atoms with Crippen LogP contribution in [0, 0.1) is 0 Å². The molecule has 0 aliphatic carbocycles. The minimum Gasteiger partial charge on any atom is -0.450 e. The Morgan fingerprint density at radius 1 is 1.12 bits per heavy atom. The first-order chi connectivity index (χ1) is 16.6. The van der Waals surface area contributed by atoms with Crippen LogP contribution in [0.3, 0.4) is 0 Å². The Bertz CT molecular complexity index is 1440. The molecule has 1 N–H and O–H groups in total. The van der Waals surface area contributed by atoms with Crippen LogP contribution < -0.4 is 5.32 Å². The lowest BCUT2D eigenvalue weighted by atomic mass is 9.82. The van der Waals surface area contributed by atoms with Crippen LogP contribution in [-0.4, -0.2) is 34.4 Å². The van der Waals surface area contributed by atoms with Gasteiger partial charge in [0.15, 0.2) is 5.78 Å². The summed E-state index contributed by atoms with van der Waals surface area (Å²) in [6.07, 6.45) is 6.78. The van der Waals surface area contributed by atoms with Gasteiger partial charge in [0, 0.05) is 65.1 Å². The molecule has 1 saturated heterocycles. The predicted octanol–water partition coefficient (Wildman–Crippen LogP) is 4.72. The molecule has 0 amide bonds. The van der Waals surface area contributed by atoms with Gasteiger partial charge in [0.25, 0.3) is 0 Å². The van der Waals surface area contributed by atoms with Gasteiger partial charge < -0.3 is 14.6 Å². The van der Waals surface area contributed by atoms with Crippen molar-refractivity contribution in [1.29, 1.82) is 0 Å². The molecule has 1 fully saturated rings. The largest absolute Gasteiger partial charge is 0.450 e. The maximum atomic E-state index is 13.9. The summed E-state index contributed by atoms with van der Waals surface area (Å²) < 4.78 is 7.91. The van der Waals surface area contributed by atoms with Crippen LogP contribution in [-0.2, 0) is 16.9 Å². The minimum absolute atomic E-state index is 0.197. The van der Waals surface area contributed by atoms with E-state index < -0.39 is 11.6 Å². The van der Waals surface area contributed by atoms with E-state index in [0.29, 0.717) is 41.1 Å². The third kappa shape index (κ3) is 3.33. The number of nitrogens with zero attached hydrogens (tertiary/aromatic N) is 2. The molecule has 2 aromatic carbocycles. The van der Waals surface area contributed by atoms with Gasteiger partial charge in [-0.1, -0.05) is 41.9 Å². The number of rotatable bonds is 4. The molecule has 0 unspecified atom stereocenters. The van der Waals surface area contributed by atoms with Gasteiger partial charge in [0.1, 0.15) is 5.60 Å². The Balaban J connectivity index is 1.47. The molecule has 0 saturated carbocycles. The molecule has 0 atom stereocenters. The van der Waals surface area contributed by atoms with E-state index in [1.165, 1.54) is 0 Å². The first-order valence-corrected chi connectivity index (χ1v) is 11.7. The third-order valence-electron chi connectivity index (χ3n) is 6.87. The minimum atomic E-state index is -0.643. The number of ketones is 1. The smallest absolute Gasteiger partial charge is 0.340 e. The fraction of sp³-hybridized carbons (Fsp3) is 0.222. The summed E-state index contributed by atoms with van der Waals surface area (Å²) >= 11 is 6.30. The van der Waals surface area contributed by atoms with E-state index in [4.69, 9.17) is 16.3 Å². The van der Waals surface area contributed by atoms with Crippen molar-refractivity contribution in [3.05, 3.63) is 100.0 Å². The number of esters is 1. The van der Waals surface area contributed by atoms with Crippen molar-refractivity contribution in [3.8, 4) is 0 Å². The van der Waals surface area contributed by atoms with Gasteiger partial charge in [0.05, 0.1) is 11.1 Å². The molecule has 0 radical (unpaired) electrons. The van der Waals surface area contributed by atoms with Crippen molar-refractivity contribution in [1.82, 2.24) is 14.9 Å². The van der Waals surface area contributed by atoms with Crippen molar-refractivity contribution in [2.24, 2.45) is 0 Å². The Labute approximate surface area is 201 Å². The van der Waals surface area contributed by atoms with E-state index in [1.54, 1.807) is 24.5 Å². The molecule has 2 aliphatic heterocycles. The highest BCUT2D eigenvalue weighted by Crippen LogP contribution is 2.44. The number of hydrogen-bond donors (Lipinski definition) is 1. The van der Waals surface area contributed by atoms with E-state index in [9.17, 15) is 9.59 Å². The molecule has 4 aromatic rings. The summed E-state index contributed by atoms with van der Waals surface area (Å²) in [7, 11) is 0. The summed E-state index contributed by atoms with van der Waals surface area (Å²) in [5, 5.41) is 4.70. The van der Waals surface area contributed by atoms with Crippen molar-refractivity contribution in [2.75, 3.05) is 13.1 Å². The van der Waals surface area contributed by atoms with E-state index in [0.717, 1.165) is 35.1 Å². The number of aromatic nitrogens is 2. The summed E-state index contributed by atoms with van der Waals surface area (Å²) in [4.78, 5) is 31.1. The van der Waals surface area contributed by atoms with Gasteiger partial charge in [-0.05, 0) is 36.9 Å². The van der Waals surface area contributed by atoms with Crippen LogP contribution in [0.2, 0.25) is 5.02 Å².